The van der Waals surface area contributed by atoms with Gasteiger partial charge in [-0.1, -0.05) is 0 Å². The van der Waals surface area contributed by atoms with Crippen LogP contribution in [0.2, 0.25) is 0 Å². The van der Waals surface area contributed by atoms with Gasteiger partial charge in [0.2, 0.25) is 0 Å². The molecule has 7 heteroatoms. The summed E-state index contributed by atoms with van der Waals surface area (Å²) in [6, 6.07) is 5.60. The molecule has 2 aliphatic rings. The molecule has 0 saturated heterocycles. The van der Waals surface area contributed by atoms with E-state index in [1.165, 1.54) is 24.0 Å². The minimum atomic E-state index is 0. The number of halogens is 1. The Bertz CT molecular complexity index is 675. The van der Waals surface area contributed by atoms with Crippen molar-refractivity contribution in [1.29, 1.82) is 0 Å². The van der Waals surface area contributed by atoms with E-state index in [2.05, 4.69) is 46.1 Å². The van der Waals surface area contributed by atoms with E-state index >= 15 is 0 Å². The van der Waals surface area contributed by atoms with Crippen LogP contribution in [0.15, 0.2) is 17.1 Å². The molecule has 1 aliphatic heterocycles. The lowest BCUT2D eigenvalue weighted by Crippen LogP contribution is -2.47. The number of nitrogens with zero attached hydrogens (tertiary/aromatic N) is 3. The van der Waals surface area contributed by atoms with Crippen molar-refractivity contribution in [2.24, 2.45) is 4.99 Å². The third kappa shape index (κ3) is 5.43. The third-order valence-electron chi connectivity index (χ3n) is 5.56. The fourth-order valence-electron chi connectivity index (χ4n) is 3.96. The van der Waals surface area contributed by atoms with Crippen molar-refractivity contribution in [3.63, 3.8) is 0 Å². The molecule has 0 unspecified atom stereocenters. The summed E-state index contributed by atoms with van der Waals surface area (Å²) in [5.74, 6) is 2.58. The van der Waals surface area contributed by atoms with Crippen LogP contribution in [0.5, 0.6) is 11.5 Å². The standard InChI is InChI=1S/C21H34N4O2.HI/c1-15(2)25(18-6-7-18)11-9-23-21(22-3)24-10-8-16-12-19(26-4)20(27-5)13-17(16)14-24;/h12-13,15,18H,6-11,14H2,1-5H3,(H,22,23);1H. The Morgan fingerprint density at radius 1 is 1.21 bits per heavy atom. The van der Waals surface area contributed by atoms with Gasteiger partial charge in [0.15, 0.2) is 17.5 Å². The van der Waals surface area contributed by atoms with Gasteiger partial charge in [-0.15, -0.1) is 24.0 Å². The fraction of sp³-hybridized carbons (Fsp3) is 0.667. The quantitative estimate of drug-likeness (QED) is 0.353. The minimum absolute atomic E-state index is 0. The lowest BCUT2D eigenvalue weighted by Gasteiger charge is -2.33. The van der Waals surface area contributed by atoms with Gasteiger partial charge >= 0.3 is 0 Å². The monoisotopic (exact) mass is 502 g/mol. The summed E-state index contributed by atoms with van der Waals surface area (Å²) in [5, 5.41) is 3.57. The number of ether oxygens (including phenoxy) is 2. The molecule has 0 amide bonds. The van der Waals surface area contributed by atoms with Crippen LogP contribution in [-0.4, -0.2) is 68.7 Å². The van der Waals surface area contributed by atoms with E-state index in [1.54, 1.807) is 14.2 Å². The molecule has 1 fully saturated rings. The SMILES string of the molecule is CN=C(NCCN(C(C)C)C1CC1)N1CCc2cc(OC)c(OC)cc2C1.I. The summed E-state index contributed by atoms with van der Waals surface area (Å²) in [5.41, 5.74) is 2.61. The highest BCUT2D eigenvalue weighted by molar-refractivity contribution is 14.0. The Morgan fingerprint density at radius 3 is 2.39 bits per heavy atom. The lowest BCUT2D eigenvalue weighted by molar-refractivity contribution is 0.214. The smallest absolute Gasteiger partial charge is 0.194 e. The maximum atomic E-state index is 5.47. The second kappa shape index (κ2) is 10.5. The Kier molecular flexibility index (Phi) is 8.67. The Morgan fingerprint density at radius 2 is 1.86 bits per heavy atom. The molecule has 1 aromatic carbocycles. The zero-order valence-corrected chi connectivity index (χ0v) is 20.2. The molecule has 158 valence electrons. The van der Waals surface area contributed by atoms with E-state index in [9.17, 15) is 0 Å². The van der Waals surface area contributed by atoms with Gasteiger partial charge in [0.05, 0.1) is 14.2 Å². The second-order valence-electron chi connectivity index (χ2n) is 7.68. The molecule has 1 aromatic rings. The Labute approximate surface area is 186 Å². The molecule has 0 atom stereocenters. The van der Waals surface area contributed by atoms with Crippen molar-refractivity contribution in [2.75, 3.05) is 40.9 Å². The van der Waals surface area contributed by atoms with Gasteiger partial charge in [0.1, 0.15) is 0 Å². The highest BCUT2D eigenvalue weighted by Crippen LogP contribution is 2.33. The van der Waals surface area contributed by atoms with Crippen LogP contribution >= 0.6 is 24.0 Å². The maximum Gasteiger partial charge on any atom is 0.194 e. The van der Waals surface area contributed by atoms with Gasteiger partial charge < -0.3 is 19.7 Å². The van der Waals surface area contributed by atoms with Crippen molar-refractivity contribution in [3.8, 4) is 11.5 Å². The number of guanidine groups is 1. The second-order valence-corrected chi connectivity index (χ2v) is 7.68. The Hall–Kier alpha value is -1.22. The van der Waals surface area contributed by atoms with Crippen LogP contribution in [0.1, 0.15) is 37.8 Å². The first kappa shape index (κ1) is 23.1. The largest absolute Gasteiger partial charge is 0.493 e. The van der Waals surface area contributed by atoms with Gasteiger partial charge in [-0.2, -0.15) is 0 Å². The first-order chi connectivity index (χ1) is 13.1. The van der Waals surface area contributed by atoms with E-state index < -0.39 is 0 Å². The van der Waals surface area contributed by atoms with Crippen molar-refractivity contribution >= 4 is 29.9 Å². The van der Waals surface area contributed by atoms with Gasteiger partial charge in [-0.3, -0.25) is 9.89 Å². The van der Waals surface area contributed by atoms with Crippen molar-refractivity contribution in [2.45, 2.75) is 51.7 Å². The topological polar surface area (TPSA) is 49.3 Å². The number of benzene rings is 1. The minimum Gasteiger partial charge on any atom is -0.493 e. The van der Waals surface area contributed by atoms with Crippen molar-refractivity contribution in [1.82, 2.24) is 15.1 Å². The molecule has 1 aliphatic carbocycles. The summed E-state index contributed by atoms with van der Waals surface area (Å²) in [4.78, 5) is 9.44. The van der Waals surface area contributed by atoms with Gasteiger partial charge in [-0.25, -0.2) is 0 Å². The Balaban J connectivity index is 0.00000280. The predicted molar refractivity (Wildman–Crippen MR) is 125 cm³/mol. The molecule has 3 rings (SSSR count). The van der Waals surface area contributed by atoms with Crippen LogP contribution < -0.4 is 14.8 Å². The number of hydrogen-bond donors (Lipinski definition) is 1. The molecule has 28 heavy (non-hydrogen) atoms. The van der Waals surface area contributed by atoms with Crippen LogP contribution in [0.3, 0.4) is 0 Å². The molecule has 1 heterocycles. The van der Waals surface area contributed by atoms with E-state index in [0.29, 0.717) is 6.04 Å². The summed E-state index contributed by atoms with van der Waals surface area (Å²) in [7, 11) is 5.24. The zero-order valence-electron chi connectivity index (χ0n) is 17.8. The van der Waals surface area contributed by atoms with Crippen molar-refractivity contribution in [3.05, 3.63) is 23.3 Å². The van der Waals surface area contributed by atoms with Crippen LogP contribution in [-0.2, 0) is 13.0 Å². The lowest BCUT2D eigenvalue weighted by atomic mass is 9.99. The molecule has 0 spiro atoms. The highest BCUT2D eigenvalue weighted by Gasteiger charge is 2.30. The van der Waals surface area contributed by atoms with Crippen molar-refractivity contribution < 1.29 is 9.47 Å². The third-order valence-corrected chi connectivity index (χ3v) is 5.56. The summed E-state index contributed by atoms with van der Waals surface area (Å²) < 4.78 is 10.9. The first-order valence-corrected chi connectivity index (χ1v) is 10.0. The van der Waals surface area contributed by atoms with E-state index in [0.717, 1.165) is 56.1 Å². The average Bonchev–Trinajstić information content (AvgIpc) is 3.51. The summed E-state index contributed by atoms with van der Waals surface area (Å²) in [6.07, 6.45) is 3.68. The molecule has 0 radical (unpaired) electrons. The zero-order chi connectivity index (χ0) is 19.4. The number of fused-ring (bicyclic) bond motifs is 1. The number of hydrogen-bond acceptors (Lipinski definition) is 4. The number of rotatable bonds is 7. The fourth-order valence-corrected chi connectivity index (χ4v) is 3.96. The molecular weight excluding hydrogens is 467 g/mol. The molecule has 1 N–H and O–H groups in total. The maximum absolute atomic E-state index is 5.47. The predicted octanol–water partition coefficient (Wildman–Crippen LogP) is 3.13. The van der Waals surface area contributed by atoms with E-state index in [4.69, 9.17) is 9.47 Å². The average molecular weight is 502 g/mol. The molecular formula is C21H35IN4O2. The molecule has 0 bridgehead atoms. The van der Waals surface area contributed by atoms with Gasteiger partial charge in [0.25, 0.3) is 0 Å². The number of nitrogens with one attached hydrogen (secondary N) is 1. The van der Waals surface area contributed by atoms with E-state index in [1.807, 2.05) is 7.05 Å². The summed E-state index contributed by atoms with van der Waals surface area (Å²) >= 11 is 0. The van der Waals surface area contributed by atoms with Gasteiger partial charge in [-0.05, 0) is 56.4 Å². The number of aliphatic imine (C=N–C) groups is 1. The highest BCUT2D eigenvalue weighted by atomic mass is 127. The van der Waals surface area contributed by atoms with Gasteiger partial charge in [0, 0.05) is 45.3 Å². The van der Waals surface area contributed by atoms with Crippen LogP contribution in [0, 0.1) is 0 Å². The normalized spacial score (nSPS) is 16.7. The molecule has 1 saturated carbocycles. The summed E-state index contributed by atoms with van der Waals surface area (Å²) in [6.45, 7) is 8.37. The number of methoxy groups -OCH3 is 2. The molecule has 0 aromatic heterocycles. The molecule has 6 nitrogen and oxygen atoms in total. The first-order valence-electron chi connectivity index (χ1n) is 10.0. The van der Waals surface area contributed by atoms with E-state index in [-0.39, 0.29) is 24.0 Å². The van der Waals surface area contributed by atoms with Crippen LogP contribution in [0.25, 0.3) is 0 Å². The van der Waals surface area contributed by atoms with Crippen LogP contribution in [0.4, 0.5) is 0 Å².